The van der Waals surface area contributed by atoms with Gasteiger partial charge < -0.3 is 10.1 Å². The minimum Gasteiger partial charge on any atom is -0.377 e. The minimum atomic E-state index is 0.402. The lowest BCUT2D eigenvalue weighted by Crippen LogP contribution is -2.39. The number of aromatic nitrogens is 1. The summed E-state index contributed by atoms with van der Waals surface area (Å²) in [5.74, 6) is 0. The molecule has 4 heteroatoms. The van der Waals surface area contributed by atoms with Gasteiger partial charge in [0.1, 0.15) is 0 Å². The Labute approximate surface area is 122 Å². The Morgan fingerprint density at radius 3 is 3.00 bits per heavy atom. The fourth-order valence-corrected chi connectivity index (χ4v) is 2.73. The van der Waals surface area contributed by atoms with Gasteiger partial charge in [-0.3, -0.25) is 9.88 Å². The summed E-state index contributed by atoms with van der Waals surface area (Å²) in [7, 11) is 0. The van der Waals surface area contributed by atoms with E-state index in [0.29, 0.717) is 6.10 Å². The summed E-state index contributed by atoms with van der Waals surface area (Å²) in [5, 5.41) is 3.32. The van der Waals surface area contributed by atoms with Crippen molar-refractivity contribution in [2.75, 3.05) is 26.2 Å². The summed E-state index contributed by atoms with van der Waals surface area (Å²) < 4.78 is 5.76. The van der Waals surface area contributed by atoms with E-state index in [0.717, 1.165) is 50.7 Å². The summed E-state index contributed by atoms with van der Waals surface area (Å²) in [4.78, 5) is 7.19. The molecule has 1 aromatic rings. The number of rotatable bonds is 7. The van der Waals surface area contributed by atoms with E-state index in [1.807, 2.05) is 0 Å². The predicted octanol–water partition coefficient (Wildman–Crippen LogP) is 2.19. The Balaban J connectivity index is 1.88. The minimum absolute atomic E-state index is 0.402. The van der Waals surface area contributed by atoms with Gasteiger partial charge in [0.15, 0.2) is 0 Å². The van der Waals surface area contributed by atoms with Gasteiger partial charge in [0.05, 0.1) is 17.5 Å². The SMILES string of the molecule is CCNCc1cccc(CN2CCCC(OCC)C2)n1. The highest BCUT2D eigenvalue weighted by Crippen LogP contribution is 2.15. The van der Waals surface area contributed by atoms with Crippen LogP contribution in [0.25, 0.3) is 0 Å². The van der Waals surface area contributed by atoms with Crippen molar-refractivity contribution >= 4 is 0 Å². The zero-order valence-electron chi connectivity index (χ0n) is 12.8. The van der Waals surface area contributed by atoms with Crippen LogP contribution in [0.4, 0.5) is 0 Å². The van der Waals surface area contributed by atoms with E-state index in [9.17, 15) is 0 Å². The summed E-state index contributed by atoms with van der Waals surface area (Å²) in [6.45, 7) is 9.96. The van der Waals surface area contributed by atoms with Crippen molar-refractivity contribution in [3.8, 4) is 0 Å². The fraction of sp³-hybridized carbons (Fsp3) is 0.688. The third-order valence-corrected chi connectivity index (χ3v) is 3.67. The maximum atomic E-state index is 5.76. The Kier molecular flexibility index (Phi) is 6.43. The number of nitrogens with one attached hydrogen (secondary N) is 1. The molecule has 1 aromatic heterocycles. The summed E-state index contributed by atoms with van der Waals surface area (Å²) in [5.41, 5.74) is 2.29. The van der Waals surface area contributed by atoms with Crippen molar-refractivity contribution in [2.45, 2.75) is 45.9 Å². The Bertz CT molecular complexity index is 395. The molecule has 0 aliphatic carbocycles. The molecule has 2 rings (SSSR count). The summed E-state index contributed by atoms with van der Waals surface area (Å²) in [6.07, 6.45) is 2.82. The first-order valence-electron chi connectivity index (χ1n) is 7.81. The molecule has 0 saturated carbocycles. The molecule has 0 amide bonds. The number of hydrogen-bond donors (Lipinski definition) is 1. The lowest BCUT2D eigenvalue weighted by molar-refractivity contribution is 0.00330. The zero-order valence-corrected chi connectivity index (χ0v) is 12.8. The topological polar surface area (TPSA) is 37.4 Å². The van der Waals surface area contributed by atoms with Crippen LogP contribution in [0.2, 0.25) is 0 Å². The van der Waals surface area contributed by atoms with E-state index in [1.54, 1.807) is 0 Å². The molecule has 20 heavy (non-hydrogen) atoms. The van der Waals surface area contributed by atoms with Gasteiger partial charge in [-0.05, 0) is 45.0 Å². The molecular formula is C16H27N3O. The van der Waals surface area contributed by atoms with E-state index >= 15 is 0 Å². The first kappa shape index (κ1) is 15.4. The van der Waals surface area contributed by atoms with Gasteiger partial charge in [-0.25, -0.2) is 0 Å². The molecule has 1 aliphatic heterocycles. The number of hydrogen-bond acceptors (Lipinski definition) is 4. The van der Waals surface area contributed by atoms with E-state index in [-0.39, 0.29) is 0 Å². The largest absolute Gasteiger partial charge is 0.377 e. The van der Waals surface area contributed by atoms with Crippen LogP contribution in [-0.2, 0) is 17.8 Å². The number of ether oxygens (including phenoxy) is 1. The second kappa shape index (κ2) is 8.35. The molecule has 1 atom stereocenters. The highest BCUT2D eigenvalue weighted by atomic mass is 16.5. The van der Waals surface area contributed by atoms with Gasteiger partial charge >= 0.3 is 0 Å². The van der Waals surface area contributed by atoms with Crippen LogP contribution in [-0.4, -0.2) is 42.2 Å². The van der Waals surface area contributed by atoms with E-state index < -0.39 is 0 Å². The second-order valence-corrected chi connectivity index (χ2v) is 5.36. The smallest absolute Gasteiger partial charge is 0.0702 e. The van der Waals surface area contributed by atoms with Gasteiger partial charge in [0.2, 0.25) is 0 Å². The van der Waals surface area contributed by atoms with Crippen LogP contribution in [0.15, 0.2) is 18.2 Å². The van der Waals surface area contributed by atoms with Gasteiger partial charge in [0.25, 0.3) is 0 Å². The molecule has 1 N–H and O–H groups in total. The van der Waals surface area contributed by atoms with E-state index in [4.69, 9.17) is 9.72 Å². The van der Waals surface area contributed by atoms with Gasteiger partial charge in [0, 0.05) is 26.2 Å². The standard InChI is InChI=1S/C16H27N3O/c1-3-17-11-14-7-5-8-15(18-14)12-19-10-6-9-16(13-19)20-4-2/h5,7-8,16-17H,3-4,6,9-13H2,1-2H3. The number of piperidine rings is 1. The van der Waals surface area contributed by atoms with E-state index in [1.165, 1.54) is 12.8 Å². The summed E-state index contributed by atoms with van der Waals surface area (Å²) in [6, 6.07) is 6.32. The molecule has 1 saturated heterocycles. The monoisotopic (exact) mass is 277 g/mol. The van der Waals surface area contributed by atoms with Crippen LogP contribution < -0.4 is 5.32 Å². The van der Waals surface area contributed by atoms with Gasteiger partial charge in [-0.1, -0.05) is 13.0 Å². The van der Waals surface area contributed by atoms with Crippen LogP contribution in [0.1, 0.15) is 38.1 Å². The molecule has 0 spiro atoms. The van der Waals surface area contributed by atoms with Crippen molar-refractivity contribution in [1.82, 2.24) is 15.2 Å². The molecule has 4 nitrogen and oxygen atoms in total. The van der Waals surface area contributed by atoms with Crippen LogP contribution in [0.3, 0.4) is 0 Å². The Hall–Kier alpha value is -0.970. The lowest BCUT2D eigenvalue weighted by atomic mass is 10.1. The fourth-order valence-electron chi connectivity index (χ4n) is 2.73. The van der Waals surface area contributed by atoms with Crippen LogP contribution >= 0.6 is 0 Å². The van der Waals surface area contributed by atoms with Crippen LogP contribution in [0.5, 0.6) is 0 Å². The molecule has 1 aliphatic rings. The maximum Gasteiger partial charge on any atom is 0.0702 e. The molecule has 2 heterocycles. The average molecular weight is 277 g/mol. The lowest BCUT2D eigenvalue weighted by Gasteiger charge is -2.32. The number of likely N-dealkylation sites (tertiary alicyclic amines) is 1. The number of pyridine rings is 1. The molecular weight excluding hydrogens is 250 g/mol. The molecule has 112 valence electrons. The average Bonchev–Trinajstić information content (AvgIpc) is 2.46. The van der Waals surface area contributed by atoms with Gasteiger partial charge in [-0.2, -0.15) is 0 Å². The third-order valence-electron chi connectivity index (χ3n) is 3.67. The molecule has 1 unspecified atom stereocenters. The van der Waals surface area contributed by atoms with E-state index in [2.05, 4.69) is 42.3 Å². The van der Waals surface area contributed by atoms with Crippen molar-refractivity contribution < 1.29 is 4.74 Å². The highest BCUT2D eigenvalue weighted by Gasteiger charge is 2.20. The van der Waals surface area contributed by atoms with Crippen molar-refractivity contribution in [3.63, 3.8) is 0 Å². The quantitative estimate of drug-likeness (QED) is 0.829. The molecule has 0 radical (unpaired) electrons. The first-order chi connectivity index (χ1) is 9.81. The molecule has 1 fully saturated rings. The predicted molar refractivity (Wildman–Crippen MR) is 81.5 cm³/mol. The third kappa shape index (κ3) is 4.85. The van der Waals surface area contributed by atoms with Crippen LogP contribution in [0, 0.1) is 0 Å². The second-order valence-electron chi connectivity index (χ2n) is 5.36. The van der Waals surface area contributed by atoms with Crippen molar-refractivity contribution in [2.24, 2.45) is 0 Å². The number of nitrogens with zero attached hydrogens (tertiary/aromatic N) is 2. The van der Waals surface area contributed by atoms with Crippen molar-refractivity contribution in [1.29, 1.82) is 0 Å². The normalized spacial score (nSPS) is 20.2. The molecule has 0 bridgehead atoms. The first-order valence-corrected chi connectivity index (χ1v) is 7.81. The molecule has 0 aromatic carbocycles. The Morgan fingerprint density at radius 1 is 1.35 bits per heavy atom. The summed E-state index contributed by atoms with van der Waals surface area (Å²) >= 11 is 0. The van der Waals surface area contributed by atoms with Crippen molar-refractivity contribution in [3.05, 3.63) is 29.6 Å². The Morgan fingerprint density at radius 2 is 2.20 bits per heavy atom. The van der Waals surface area contributed by atoms with Gasteiger partial charge in [-0.15, -0.1) is 0 Å². The highest BCUT2D eigenvalue weighted by molar-refractivity contribution is 5.11. The zero-order chi connectivity index (χ0) is 14.2. The maximum absolute atomic E-state index is 5.76.